The van der Waals surface area contributed by atoms with Crippen LogP contribution in [-0.2, 0) is 6.42 Å². The molecule has 1 aromatic heterocycles. The normalized spacial score (nSPS) is 10.8. The summed E-state index contributed by atoms with van der Waals surface area (Å²) in [5, 5.41) is 13.5. The smallest absolute Gasteiger partial charge is 0.0677 e. The van der Waals surface area contributed by atoms with E-state index in [-0.39, 0.29) is 6.61 Å². The standard InChI is InChI=1S/C14H18N2O/c1-10-5-4-6-14(11(10)2)16-9-13(7-8-17)12(3)15-16/h4-6,9,17H,7-8H2,1-3H3. The maximum absolute atomic E-state index is 8.99. The van der Waals surface area contributed by atoms with Gasteiger partial charge in [0, 0.05) is 12.8 Å². The number of aliphatic hydroxyl groups excluding tert-OH is 1. The van der Waals surface area contributed by atoms with Crippen LogP contribution < -0.4 is 0 Å². The van der Waals surface area contributed by atoms with Gasteiger partial charge in [-0.2, -0.15) is 5.10 Å². The molecule has 0 saturated heterocycles. The summed E-state index contributed by atoms with van der Waals surface area (Å²) in [7, 11) is 0. The lowest BCUT2D eigenvalue weighted by Gasteiger charge is -2.07. The summed E-state index contributed by atoms with van der Waals surface area (Å²) in [5.74, 6) is 0. The first-order valence-corrected chi connectivity index (χ1v) is 5.86. The average Bonchev–Trinajstić information content (AvgIpc) is 2.65. The van der Waals surface area contributed by atoms with Crippen LogP contribution in [0.15, 0.2) is 24.4 Å². The monoisotopic (exact) mass is 230 g/mol. The van der Waals surface area contributed by atoms with Crippen molar-refractivity contribution in [3.05, 3.63) is 46.8 Å². The van der Waals surface area contributed by atoms with Gasteiger partial charge in [-0.3, -0.25) is 0 Å². The van der Waals surface area contributed by atoms with E-state index in [4.69, 9.17) is 5.11 Å². The highest BCUT2D eigenvalue weighted by molar-refractivity contribution is 5.44. The quantitative estimate of drug-likeness (QED) is 0.878. The van der Waals surface area contributed by atoms with E-state index in [0.29, 0.717) is 6.42 Å². The molecule has 0 amide bonds. The Hall–Kier alpha value is -1.61. The molecule has 0 unspecified atom stereocenters. The molecule has 3 heteroatoms. The van der Waals surface area contributed by atoms with Crippen LogP contribution >= 0.6 is 0 Å². The molecule has 0 aliphatic carbocycles. The zero-order chi connectivity index (χ0) is 12.4. The molecule has 1 heterocycles. The van der Waals surface area contributed by atoms with Crippen LogP contribution in [0.2, 0.25) is 0 Å². The Morgan fingerprint density at radius 3 is 2.71 bits per heavy atom. The van der Waals surface area contributed by atoms with Crippen LogP contribution in [0.5, 0.6) is 0 Å². The molecule has 3 nitrogen and oxygen atoms in total. The predicted octanol–water partition coefficient (Wildman–Crippen LogP) is 2.33. The number of aryl methyl sites for hydroxylation is 2. The largest absolute Gasteiger partial charge is 0.396 e. The van der Waals surface area contributed by atoms with Crippen LogP contribution in [0.1, 0.15) is 22.4 Å². The maximum Gasteiger partial charge on any atom is 0.0677 e. The lowest BCUT2D eigenvalue weighted by atomic mass is 10.1. The van der Waals surface area contributed by atoms with Gasteiger partial charge >= 0.3 is 0 Å². The minimum atomic E-state index is 0.166. The molecule has 17 heavy (non-hydrogen) atoms. The third kappa shape index (κ3) is 2.24. The van der Waals surface area contributed by atoms with Crippen molar-refractivity contribution in [3.8, 4) is 5.69 Å². The topological polar surface area (TPSA) is 38.0 Å². The molecule has 0 saturated carbocycles. The summed E-state index contributed by atoms with van der Waals surface area (Å²) in [5.41, 5.74) is 5.70. The molecule has 0 fully saturated rings. The van der Waals surface area contributed by atoms with Gasteiger partial charge in [0.05, 0.1) is 11.4 Å². The van der Waals surface area contributed by atoms with Crippen LogP contribution in [0.25, 0.3) is 5.69 Å². The summed E-state index contributed by atoms with van der Waals surface area (Å²) in [6.07, 6.45) is 2.67. The molecule has 0 spiro atoms. The second-order valence-electron chi connectivity index (χ2n) is 4.38. The number of aromatic nitrogens is 2. The van der Waals surface area contributed by atoms with Gasteiger partial charge in [0.15, 0.2) is 0 Å². The van der Waals surface area contributed by atoms with E-state index in [1.165, 1.54) is 11.1 Å². The number of rotatable bonds is 3. The average molecular weight is 230 g/mol. The second-order valence-corrected chi connectivity index (χ2v) is 4.38. The Kier molecular flexibility index (Phi) is 3.29. The molecule has 2 rings (SSSR count). The zero-order valence-electron chi connectivity index (χ0n) is 10.6. The van der Waals surface area contributed by atoms with E-state index in [1.54, 1.807) is 0 Å². The molecule has 1 aromatic carbocycles. The highest BCUT2D eigenvalue weighted by atomic mass is 16.2. The Labute approximate surface area is 102 Å². The van der Waals surface area contributed by atoms with E-state index in [2.05, 4.69) is 31.1 Å². The van der Waals surface area contributed by atoms with Gasteiger partial charge in [-0.1, -0.05) is 12.1 Å². The summed E-state index contributed by atoms with van der Waals surface area (Å²) in [6, 6.07) is 6.21. The van der Waals surface area contributed by atoms with Crippen LogP contribution in [0.4, 0.5) is 0 Å². The Morgan fingerprint density at radius 1 is 1.24 bits per heavy atom. The van der Waals surface area contributed by atoms with Gasteiger partial charge in [-0.25, -0.2) is 4.68 Å². The van der Waals surface area contributed by atoms with E-state index in [0.717, 1.165) is 16.9 Å². The molecule has 2 aromatic rings. The number of benzene rings is 1. The van der Waals surface area contributed by atoms with Gasteiger partial charge < -0.3 is 5.11 Å². The lowest BCUT2D eigenvalue weighted by molar-refractivity contribution is 0.299. The van der Waals surface area contributed by atoms with Gasteiger partial charge in [0.1, 0.15) is 0 Å². The highest BCUT2D eigenvalue weighted by Gasteiger charge is 2.08. The third-order valence-electron chi connectivity index (χ3n) is 3.20. The van der Waals surface area contributed by atoms with Gasteiger partial charge in [0.2, 0.25) is 0 Å². The van der Waals surface area contributed by atoms with Crippen molar-refractivity contribution in [1.82, 2.24) is 9.78 Å². The zero-order valence-corrected chi connectivity index (χ0v) is 10.6. The van der Waals surface area contributed by atoms with Crippen molar-refractivity contribution < 1.29 is 5.11 Å². The van der Waals surface area contributed by atoms with Gasteiger partial charge in [0.25, 0.3) is 0 Å². The van der Waals surface area contributed by atoms with Crippen molar-refractivity contribution >= 4 is 0 Å². The molecule has 1 N–H and O–H groups in total. The minimum Gasteiger partial charge on any atom is -0.396 e. The van der Waals surface area contributed by atoms with Gasteiger partial charge in [-0.05, 0) is 49.9 Å². The minimum absolute atomic E-state index is 0.166. The molecule has 0 aliphatic rings. The number of hydrogen-bond donors (Lipinski definition) is 1. The van der Waals surface area contributed by atoms with E-state index >= 15 is 0 Å². The summed E-state index contributed by atoms with van der Waals surface area (Å²) >= 11 is 0. The van der Waals surface area contributed by atoms with E-state index in [1.807, 2.05) is 23.9 Å². The third-order valence-corrected chi connectivity index (χ3v) is 3.20. The summed E-state index contributed by atoms with van der Waals surface area (Å²) in [6.45, 7) is 6.35. The predicted molar refractivity (Wildman–Crippen MR) is 68.6 cm³/mol. The van der Waals surface area contributed by atoms with Crippen molar-refractivity contribution in [2.24, 2.45) is 0 Å². The molecular formula is C14H18N2O. The number of nitrogens with zero attached hydrogens (tertiary/aromatic N) is 2. The maximum atomic E-state index is 8.99. The first kappa shape index (κ1) is 11.9. The Bertz CT molecular complexity index is 529. The molecule has 0 radical (unpaired) electrons. The summed E-state index contributed by atoms with van der Waals surface area (Å²) in [4.78, 5) is 0. The fourth-order valence-electron chi connectivity index (χ4n) is 1.97. The Balaban J connectivity index is 2.46. The fraction of sp³-hybridized carbons (Fsp3) is 0.357. The van der Waals surface area contributed by atoms with Crippen molar-refractivity contribution in [3.63, 3.8) is 0 Å². The van der Waals surface area contributed by atoms with Crippen LogP contribution in [0, 0.1) is 20.8 Å². The first-order valence-electron chi connectivity index (χ1n) is 5.86. The molecule has 0 bridgehead atoms. The summed E-state index contributed by atoms with van der Waals surface area (Å²) < 4.78 is 1.91. The van der Waals surface area contributed by atoms with E-state index in [9.17, 15) is 0 Å². The van der Waals surface area contributed by atoms with Crippen molar-refractivity contribution in [2.75, 3.05) is 6.61 Å². The lowest BCUT2D eigenvalue weighted by Crippen LogP contribution is -1.99. The SMILES string of the molecule is Cc1cccc(-n2cc(CCO)c(C)n2)c1C. The second kappa shape index (κ2) is 4.72. The Morgan fingerprint density at radius 2 is 2.00 bits per heavy atom. The first-order chi connectivity index (χ1) is 8.13. The van der Waals surface area contributed by atoms with Crippen LogP contribution in [-0.4, -0.2) is 21.5 Å². The molecular weight excluding hydrogens is 212 g/mol. The van der Waals surface area contributed by atoms with Crippen molar-refractivity contribution in [1.29, 1.82) is 0 Å². The van der Waals surface area contributed by atoms with Crippen molar-refractivity contribution in [2.45, 2.75) is 27.2 Å². The number of aliphatic hydroxyl groups is 1. The van der Waals surface area contributed by atoms with Gasteiger partial charge in [-0.15, -0.1) is 0 Å². The molecule has 0 atom stereocenters. The number of hydrogen-bond acceptors (Lipinski definition) is 2. The highest BCUT2D eigenvalue weighted by Crippen LogP contribution is 2.18. The van der Waals surface area contributed by atoms with Crippen LogP contribution in [0.3, 0.4) is 0 Å². The van der Waals surface area contributed by atoms with E-state index < -0.39 is 0 Å². The molecule has 90 valence electrons. The fourth-order valence-corrected chi connectivity index (χ4v) is 1.97. The molecule has 0 aliphatic heterocycles.